The van der Waals surface area contributed by atoms with Gasteiger partial charge in [-0.25, -0.2) is 9.37 Å². The molecular weight excluding hydrogens is 311 g/mol. The van der Waals surface area contributed by atoms with Gasteiger partial charge in [-0.1, -0.05) is 23.8 Å². The minimum atomic E-state index is -0.427. The molecule has 0 saturated carbocycles. The number of nitrogens with two attached hydrogens (primary N) is 1. The van der Waals surface area contributed by atoms with Crippen LogP contribution in [0.2, 0.25) is 5.02 Å². The molecule has 1 aliphatic rings. The van der Waals surface area contributed by atoms with Crippen molar-refractivity contribution in [2.45, 2.75) is 19.3 Å². The summed E-state index contributed by atoms with van der Waals surface area (Å²) in [6, 6.07) is 5.83. The Balaban J connectivity index is 2.03. The molecule has 2 N–H and O–H groups in total. The summed E-state index contributed by atoms with van der Waals surface area (Å²) in [6.45, 7) is 0. The molecular formula is C15H12ClFN2OS. The number of fused-ring (bicyclic) bond motifs is 1. The fourth-order valence-corrected chi connectivity index (χ4v) is 2.72. The third-order valence-corrected chi connectivity index (χ3v) is 3.90. The molecule has 0 atom stereocenters. The monoisotopic (exact) mass is 322 g/mol. The standard InChI is InChI=1S/C15H12ClFN2OS/c16-11-7-9(17)4-5-13(11)20-15-10(14(18)21)6-8-2-1-3-12(8)19-15/h4-7H,1-3H2,(H2,18,21). The lowest BCUT2D eigenvalue weighted by atomic mass is 10.1. The predicted octanol–water partition coefficient (Wildman–Crippen LogP) is 3.79. The van der Waals surface area contributed by atoms with Gasteiger partial charge in [0.15, 0.2) is 0 Å². The second kappa shape index (κ2) is 5.58. The lowest BCUT2D eigenvalue weighted by molar-refractivity contribution is 0.458. The third-order valence-electron chi connectivity index (χ3n) is 3.38. The lowest BCUT2D eigenvalue weighted by Crippen LogP contribution is -2.13. The molecule has 1 heterocycles. The van der Waals surface area contributed by atoms with Crippen LogP contribution in [0.25, 0.3) is 0 Å². The Morgan fingerprint density at radius 2 is 2.14 bits per heavy atom. The van der Waals surface area contributed by atoms with Crippen LogP contribution in [0.3, 0.4) is 0 Å². The van der Waals surface area contributed by atoms with E-state index < -0.39 is 5.82 Å². The molecule has 0 saturated heterocycles. The summed E-state index contributed by atoms with van der Waals surface area (Å²) in [7, 11) is 0. The lowest BCUT2D eigenvalue weighted by Gasteiger charge is -2.12. The van der Waals surface area contributed by atoms with E-state index in [9.17, 15) is 4.39 Å². The molecule has 1 aromatic heterocycles. The van der Waals surface area contributed by atoms with E-state index in [1.807, 2.05) is 6.07 Å². The minimum Gasteiger partial charge on any atom is -0.437 e. The number of halogens is 2. The predicted molar refractivity (Wildman–Crippen MR) is 83.6 cm³/mol. The van der Waals surface area contributed by atoms with Crippen molar-refractivity contribution in [2.75, 3.05) is 0 Å². The molecule has 0 radical (unpaired) electrons. The maximum atomic E-state index is 13.1. The topological polar surface area (TPSA) is 48.1 Å². The van der Waals surface area contributed by atoms with Crippen molar-refractivity contribution in [3.05, 3.63) is 51.9 Å². The van der Waals surface area contributed by atoms with Crippen LogP contribution in [0.4, 0.5) is 4.39 Å². The van der Waals surface area contributed by atoms with Gasteiger partial charge in [0.2, 0.25) is 5.88 Å². The van der Waals surface area contributed by atoms with E-state index in [2.05, 4.69) is 4.98 Å². The van der Waals surface area contributed by atoms with Gasteiger partial charge >= 0.3 is 0 Å². The van der Waals surface area contributed by atoms with E-state index in [4.69, 9.17) is 34.3 Å². The van der Waals surface area contributed by atoms with Crippen LogP contribution in [0, 0.1) is 5.82 Å². The average Bonchev–Trinajstić information content (AvgIpc) is 2.88. The molecule has 3 rings (SSSR count). The van der Waals surface area contributed by atoms with Crippen molar-refractivity contribution in [3.8, 4) is 11.6 Å². The number of hydrogen-bond acceptors (Lipinski definition) is 3. The molecule has 0 unspecified atom stereocenters. The first-order valence-electron chi connectivity index (χ1n) is 6.50. The number of ether oxygens (including phenoxy) is 1. The molecule has 108 valence electrons. The van der Waals surface area contributed by atoms with Crippen molar-refractivity contribution in [2.24, 2.45) is 5.73 Å². The normalized spacial score (nSPS) is 13.0. The summed E-state index contributed by atoms with van der Waals surface area (Å²) in [6.07, 6.45) is 2.93. The van der Waals surface area contributed by atoms with Crippen LogP contribution < -0.4 is 10.5 Å². The summed E-state index contributed by atoms with van der Waals surface area (Å²) in [5.74, 6) is 0.210. The van der Waals surface area contributed by atoms with Gasteiger partial charge in [0.25, 0.3) is 0 Å². The molecule has 0 aliphatic heterocycles. The van der Waals surface area contributed by atoms with Crippen LogP contribution in [0.5, 0.6) is 11.6 Å². The molecule has 2 aromatic rings. The van der Waals surface area contributed by atoms with Crippen molar-refractivity contribution in [1.82, 2.24) is 4.98 Å². The fraction of sp³-hybridized carbons (Fsp3) is 0.200. The zero-order valence-electron chi connectivity index (χ0n) is 11.0. The second-order valence-electron chi connectivity index (χ2n) is 4.84. The van der Waals surface area contributed by atoms with Crippen LogP contribution >= 0.6 is 23.8 Å². The van der Waals surface area contributed by atoms with Gasteiger partial charge in [-0.05, 0) is 49.1 Å². The van der Waals surface area contributed by atoms with Crippen LogP contribution in [-0.4, -0.2) is 9.97 Å². The Bertz CT molecular complexity index is 736. The highest BCUT2D eigenvalue weighted by Gasteiger charge is 2.19. The number of nitrogens with zero attached hydrogens (tertiary/aromatic N) is 1. The number of pyridine rings is 1. The molecule has 0 bridgehead atoms. The maximum Gasteiger partial charge on any atom is 0.229 e. The van der Waals surface area contributed by atoms with Gasteiger partial charge in [-0.2, -0.15) is 0 Å². The van der Waals surface area contributed by atoms with E-state index >= 15 is 0 Å². The van der Waals surface area contributed by atoms with Crippen LogP contribution in [0.1, 0.15) is 23.2 Å². The quantitative estimate of drug-likeness (QED) is 0.873. The van der Waals surface area contributed by atoms with Crippen molar-refractivity contribution in [1.29, 1.82) is 0 Å². The highest BCUT2D eigenvalue weighted by atomic mass is 35.5. The first kappa shape index (κ1) is 14.2. The molecule has 0 amide bonds. The number of rotatable bonds is 3. The summed E-state index contributed by atoms with van der Waals surface area (Å²) in [5, 5.41) is 0.172. The minimum absolute atomic E-state index is 0.172. The summed E-state index contributed by atoms with van der Waals surface area (Å²) in [5.41, 5.74) is 8.46. The summed E-state index contributed by atoms with van der Waals surface area (Å²) >= 11 is 11.0. The van der Waals surface area contributed by atoms with E-state index in [-0.39, 0.29) is 10.0 Å². The van der Waals surface area contributed by atoms with Crippen LogP contribution in [-0.2, 0) is 12.8 Å². The number of thiocarbonyl (C=S) groups is 1. The van der Waals surface area contributed by atoms with E-state index in [0.717, 1.165) is 30.5 Å². The third kappa shape index (κ3) is 2.84. The second-order valence-corrected chi connectivity index (χ2v) is 5.69. The first-order valence-corrected chi connectivity index (χ1v) is 7.28. The van der Waals surface area contributed by atoms with E-state index in [1.165, 1.54) is 18.2 Å². The Morgan fingerprint density at radius 1 is 1.33 bits per heavy atom. The van der Waals surface area contributed by atoms with E-state index in [1.54, 1.807) is 0 Å². The number of aromatic nitrogens is 1. The largest absolute Gasteiger partial charge is 0.437 e. The number of aryl methyl sites for hydroxylation is 2. The maximum absolute atomic E-state index is 13.1. The molecule has 0 fully saturated rings. The molecule has 3 nitrogen and oxygen atoms in total. The van der Waals surface area contributed by atoms with Crippen molar-refractivity contribution in [3.63, 3.8) is 0 Å². The fourth-order valence-electron chi connectivity index (χ4n) is 2.37. The Labute approximate surface area is 131 Å². The van der Waals surface area contributed by atoms with Crippen molar-refractivity contribution < 1.29 is 9.13 Å². The Kier molecular flexibility index (Phi) is 3.78. The zero-order chi connectivity index (χ0) is 15.0. The zero-order valence-corrected chi connectivity index (χ0v) is 12.6. The Hall–Kier alpha value is -1.72. The number of hydrogen-bond donors (Lipinski definition) is 1. The molecule has 21 heavy (non-hydrogen) atoms. The Morgan fingerprint density at radius 3 is 2.86 bits per heavy atom. The van der Waals surface area contributed by atoms with Gasteiger partial charge < -0.3 is 10.5 Å². The molecule has 1 aromatic carbocycles. The van der Waals surface area contributed by atoms with Crippen molar-refractivity contribution >= 4 is 28.8 Å². The van der Waals surface area contributed by atoms with Gasteiger partial charge in [0.05, 0.1) is 10.6 Å². The highest BCUT2D eigenvalue weighted by molar-refractivity contribution is 7.80. The molecule has 0 spiro atoms. The van der Waals surface area contributed by atoms with Gasteiger partial charge in [0, 0.05) is 5.69 Å². The van der Waals surface area contributed by atoms with Gasteiger partial charge in [-0.3, -0.25) is 0 Å². The number of benzene rings is 1. The van der Waals surface area contributed by atoms with Gasteiger partial charge in [0.1, 0.15) is 16.6 Å². The summed E-state index contributed by atoms with van der Waals surface area (Å²) < 4.78 is 18.8. The average molecular weight is 323 g/mol. The first-order chi connectivity index (χ1) is 10.0. The molecule has 1 aliphatic carbocycles. The SMILES string of the molecule is NC(=S)c1cc2c(nc1Oc1ccc(F)cc1Cl)CCC2. The van der Waals surface area contributed by atoms with Gasteiger partial charge in [-0.15, -0.1) is 0 Å². The smallest absolute Gasteiger partial charge is 0.229 e. The van der Waals surface area contributed by atoms with Crippen LogP contribution in [0.15, 0.2) is 24.3 Å². The summed E-state index contributed by atoms with van der Waals surface area (Å²) in [4.78, 5) is 4.70. The van der Waals surface area contributed by atoms with E-state index in [0.29, 0.717) is 17.2 Å². The molecule has 6 heteroatoms. The highest BCUT2D eigenvalue weighted by Crippen LogP contribution is 2.33.